The van der Waals surface area contributed by atoms with Gasteiger partial charge in [-0.1, -0.05) is 26.0 Å². The van der Waals surface area contributed by atoms with Crippen molar-refractivity contribution in [3.63, 3.8) is 0 Å². The Kier molecular flexibility index (Phi) is 5.76. The summed E-state index contributed by atoms with van der Waals surface area (Å²) in [5.41, 5.74) is 1.78. The Bertz CT molecular complexity index is 485. The van der Waals surface area contributed by atoms with Gasteiger partial charge in [0.15, 0.2) is 5.78 Å². The lowest BCUT2D eigenvalue weighted by molar-refractivity contribution is 0.0965. The number of hydrogen-bond donors (Lipinski definition) is 2. The Morgan fingerprint density at radius 2 is 2.10 bits per heavy atom. The maximum absolute atomic E-state index is 11.9. The van der Waals surface area contributed by atoms with Crippen molar-refractivity contribution in [2.45, 2.75) is 39.2 Å². The number of rotatable bonds is 7. The lowest BCUT2D eigenvalue weighted by Crippen LogP contribution is -2.33. The van der Waals surface area contributed by atoms with Crippen molar-refractivity contribution in [3.8, 4) is 5.75 Å². The number of aliphatic hydroxyl groups excluding tert-OH is 1. The molecule has 4 nitrogen and oxygen atoms in total. The Hall–Kier alpha value is -1.39. The van der Waals surface area contributed by atoms with Crippen LogP contribution in [0.25, 0.3) is 0 Å². The number of ether oxygens (including phenoxy) is 1. The molecule has 2 N–H and O–H groups in total. The van der Waals surface area contributed by atoms with Crippen LogP contribution >= 0.6 is 0 Å². The van der Waals surface area contributed by atoms with E-state index in [1.165, 1.54) is 0 Å². The quantitative estimate of drug-likeness (QED) is 0.808. The smallest absolute Gasteiger partial charge is 0.163 e. The lowest BCUT2D eigenvalue weighted by atomic mass is 9.90. The number of Topliss-reactive ketones (excluding diaryl/α,β-unsaturated/α-hetero) is 1. The highest BCUT2D eigenvalue weighted by Gasteiger charge is 2.20. The second kappa shape index (κ2) is 7.57. The molecule has 116 valence electrons. The predicted octanol–water partition coefficient (Wildman–Crippen LogP) is 2.19. The summed E-state index contributed by atoms with van der Waals surface area (Å²) >= 11 is 0. The molecule has 0 unspecified atom stereocenters. The number of hydrogen-bond acceptors (Lipinski definition) is 4. The van der Waals surface area contributed by atoms with Gasteiger partial charge in [-0.2, -0.15) is 0 Å². The van der Waals surface area contributed by atoms with Crippen molar-refractivity contribution in [1.29, 1.82) is 0 Å². The number of carbonyl (C=O) groups excluding carboxylic acids is 1. The first-order chi connectivity index (χ1) is 10.1. The summed E-state index contributed by atoms with van der Waals surface area (Å²) in [4.78, 5) is 11.9. The molecule has 1 aromatic carbocycles. The number of ketones is 1. The van der Waals surface area contributed by atoms with E-state index in [0.717, 1.165) is 36.3 Å². The van der Waals surface area contributed by atoms with E-state index in [2.05, 4.69) is 19.2 Å². The Morgan fingerprint density at radius 3 is 2.86 bits per heavy atom. The molecule has 0 aromatic heterocycles. The standard InChI is InChI=1S/C17H25NO3/c1-12(2)9-18-10-13(19)11-21-17-8-4-5-14-15(17)6-3-7-16(14)20/h4-5,8,12-13,18-19H,3,6-7,9-11H2,1-2H3/t13-/m1/s1. The van der Waals surface area contributed by atoms with Crippen molar-refractivity contribution in [2.75, 3.05) is 19.7 Å². The second-order valence-electron chi connectivity index (χ2n) is 6.08. The van der Waals surface area contributed by atoms with E-state index in [1.54, 1.807) is 0 Å². The van der Waals surface area contributed by atoms with Gasteiger partial charge in [0, 0.05) is 24.1 Å². The van der Waals surface area contributed by atoms with Crippen LogP contribution in [-0.4, -0.2) is 36.7 Å². The lowest BCUT2D eigenvalue weighted by Gasteiger charge is -2.20. The summed E-state index contributed by atoms with van der Waals surface area (Å²) in [5.74, 6) is 1.49. The minimum absolute atomic E-state index is 0.195. The highest BCUT2D eigenvalue weighted by atomic mass is 16.5. The topological polar surface area (TPSA) is 58.6 Å². The molecule has 1 atom stereocenters. The van der Waals surface area contributed by atoms with Crippen LogP contribution in [0.15, 0.2) is 18.2 Å². The molecule has 0 aliphatic heterocycles. The summed E-state index contributed by atoms with van der Waals surface area (Å²) in [5, 5.41) is 13.1. The van der Waals surface area contributed by atoms with Gasteiger partial charge >= 0.3 is 0 Å². The van der Waals surface area contributed by atoms with Crippen molar-refractivity contribution >= 4 is 5.78 Å². The van der Waals surface area contributed by atoms with Gasteiger partial charge < -0.3 is 15.2 Å². The van der Waals surface area contributed by atoms with E-state index in [4.69, 9.17) is 4.74 Å². The molecule has 0 bridgehead atoms. The molecule has 0 saturated heterocycles. The third-order valence-corrected chi connectivity index (χ3v) is 3.63. The fourth-order valence-corrected chi connectivity index (χ4v) is 2.56. The maximum Gasteiger partial charge on any atom is 0.163 e. The summed E-state index contributed by atoms with van der Waals surface area (Å²) in [6.07, 6.45) is 1.83. The van der Waals surface area contributed by atoms with E-state index in [0.29, 0.717) is 18.9 Å². The first-order valence-electron chi connectivity index (χ1n) is 7.74. The van der Waals surface area contributed by atoms with Crippen LogP contribution in [0.1, 0.15) is 42.6 Å². The molecule has 21 heavy (non-hydrogen) atoms. The SMILES string of the molecule is CC(C)CNC[C@@H](O)COc1cccc2c1CCCC2=O. The van der Waals surface area contributed by atoms with Crippen LogP contribution in [0, 0.1) is 5.92 Å². The largest absolute Gasteiger partial charge is 0.491 e. The fourth-order valence-electron chi connectivity index (χ4n) is 2.56. The minimum atomic E-state index is -0.543. The summed E-state index contributed by atoms with van der Waals surface area (Å²) in [7, 11) is 0. The van der Waals surface area contributed by atoms with Gasteiger partial charge in [0.1, 0.15) is 18.5 Å². The first-order valence-corrected chi connectivity index (χ1v) is 7.74. The van der Waals surface area contributed by atoms with E-state index >= 15 is 0 Å². The highest BCUT2D eigenvalue weighted by molar-refractivity contribution is 5.99. The van der Waals surface area contributed by atoms with Gasteiger partial charge in [-0.3, -0.25) is 4.79 Å². The maximum atomic E-state index is 11.9. The van der Waals surface area contributed by atoms with Crippen LogP contribution in [0.5, 0.6) is 5.75 Å². The Labute approximate surface area is 126 Å². The molecule has 2 rings (SSSR count). The molecule has 0 amide bonds. The zero-order valence-corrected chi connectivity index (χ0v) is 12.9. The number of carbonyl (C=O) groups is 1. The zero-order valence-electron chi connectivity index (χ0n) is 12.9. The minimum Gasteiger partial charge on any atom is -0.491 e. The first kappa shape index (κ1) is 16.0. The second-order valence-corrected chi connectivity index (χ2v) is 6.08. The van der Waals surface area contributed by atoms with Gasteiger partial charge in [-0.25, -0.2) is 0 Å². The summed E-state index contributed by atoms with van der Waals surface area (Å²) in [6, 6.07) is 5.59. The molecule has 1 aliphatic rings. The van der Waals surface area contributed by atoms with Crippen molar-refractivity contribution in [3.05, 3.63) is 29.3 Å². The molecule has 0 saturated carbocycles. The Balaban J connectivity index is 1.89. The molecule has 4 heteroatoms. The van der Waals surface area contributed by atoms with Crippen LogP contribution in [0.2, 0.25) is 0 Å². The number of benzene rings is 1. The number of fused-ring (bicyclic) bond motifs is 1. The molecular formula is C17H25NO3. The van der Waals surface area contributed by atoms with Crippen molar-refractivity contribution in [2.24, 2.45) is 5.92 Å². The van der Waals surface area contributed by atoms with Gasteiger partial charge in [-0.05, 0) is 31.4 Å². The average molecular weight is 291 g/mol. The molecule has 0 fully saturated rings. The van der Waals surface area contributed by atoms with E-state index in [1.807, 2.05) is 18.2 Å². The average Bonchev–Trinajstić information content (AvgIpc) is 2.45. The van der Waals surface area contributed by atoms with Gasteiger partial charge in [-0.15, -0.1) is 0 Å². The predicted molar refractivity (Wildman–Crippen MR) is 82.9 cm³/mol. The van der Waals surface area contributed by atoms with Gasteiger partial charge in [0.2, 0.25) is 0 Å². The molecule has 0 spiro atoms. The third kappa shape index (κ3) is 4.55. The van der Waals surface area contributed by atoms with E-state index in [-0.39, 0.29) is 12.4 Å². The zero-order chi connectivity index (χ0) is 15.2. The van der Waals surface area contributed by atoms with Crippen LogP contribution < -0.4 is 10.1 Å². The van der Waals surface area contributed by atoms with Gasteiger partial charge in [0.25, 0.3) is 0 Å². The summed E-state index contributed by atoms with van der Waals surface area (Å²) in [6.45, 7) is 5.90. The molecule has 0 radical (unpaired) electrons. The van der Waals surface area contributed by atoms with E-state index in [9.17, 15) is 9.90 Å². The van der Waals surface area contributed by atoms with Crippen LogP contribution in [0.4, 0.5) is 0 Å². The highest BCUT2D eigenvalue weighted by Crippen LogP contribution is 2.29. The summed E-state index contributed by atoms with van der Waals surface area (Å²) < 4.78 is 5.73. The van der Waals surface area contributed by atoms with Crippen molar-refractivity contribution < 1.29 is 14.6 Å². The molecule has 1 aromatic rings. The molecular weight excluding hydrogens is 266 g/mol. The van der Waals surface area contributed by atoms with Crippen LogP contribution in [0.3, 0.4) is 0 Å². The monoisotopic (exact) mass is 291 g/mol. The number of nitrogens with one attached hydrogen (secondary N) is 1. The molecule has 0 heterocycles. The third-order valence-electron chi connectivity index (χ3n) is 3.63. The van der Waals surface area contributed by atoms with Gasteiger partial charge in [0.05, 0.1) is 0 Å². The van der Waals surface area contributed by atoms with Crippen molar-refractivity contribution in [1.82, 2.24) is 5.32 Å². The normalized spacial score (nSPS) is 15.9. The molecule has 1 aliphatic carbocycles. The Morgan fingerprint density at radius 1 is 1.29 bits per heavy atom. The number of aliphatic hydroxyl groups is 1. The fraction of sp³-hybridized carbons (Fsp3) is 0.588. The van der Waals surface area contributed by atoms with E-state index < -0.39 is 6.10 Å². The van der Waals surface area contributed by atoms with Crippen LogP contribution in [-0.2, 0) is 6.42 Å².